The number of amides is 2. The van der Waals surface area contributed by atoms with Crippen molar-refractivity contribution in [3.05, 3.63) is 28.5 Å². The Bertz CT molecular complexity index is 950. The summed E-state index contributed by atoms with van der Waals surface area (Å²) in [4.78, 5) is 32.9. The highest BCUT2D eigenvalue weighted by Gasteiger charge is 2.37. The van der Waals surface area contributed by atoms with Gasteiger partial charge in [-0.1, -0.05) is 31.4 Å². The van der Waals surface area contributed by atoms with Crippen molar-refractivity contribution in [1.29, 1.82) is 0 Å². The van der Waals surface area contributed by atoms with Gasteiger partial charge < -0.3 is 9.88 Å². The summed E-state index contributed by atoms with van der Waals surface area (Å²) < 4.78 is 39.3. The average Bonchev–Trinajstić information content (AvgIpc) is 3.36. The number of halogens is 4. The second-order valence-electron chi connectivity index (χ2n) is 7.73. The maximum absolute atomic E-state index is 13.2. The number of alkyl halides is 3. The van der Waals surface area contributed by atoms with Crippen LogP contribution in [0.1, 0.15) is 56.5 Å². The third-order valence-corrected chi connectivity index (χ3v) is 5.81. The Hall–Kier alpha value is -2.33. The molecule has 31 heavy (non-hydrogen) atoms. The third-order valence-electron chi connectivity index (χ3n) is 5.52. The lowest BCUT2D eigenvalue weighted by atomic mass is 9.99. The van der Waals surface area contributed by atoms with Crippen molar-refractivity contribution >= 4 is 35.0 Å². The zero-order valence-electron chi connectivity index (χ0n) is 17.0. The van der Waals surface area contributed by atoms with E-state index in [1.54, 1.807) is 4.90 Å². The minimum absolute atomic E-state index is 0.119. The minimum atomic E-state index is -4.54. The fourth-order valence-corrected chi connectivity index (χ4v) is 4.24. The lowest BCUT2D eigenvalue weighted by Gasteiger charge is -2.29. The van der Waals surface area contributed by atoms with Gasteiger partial charge in [0.25, 0.3) is 0 Å². The number of aromatic amines is 1. The first kappa shape index (κ1) is 23.3. The smallest absolute Gasteiger partial charge is 0.340 e. The number of hydroxylamine groups is 2. The number of H-pyrrole nitrogens is 1. The maximum atomic E-state index is 13.2. The molecule has 3 rings (SSSR count). The first-order valence-corrected chi connectivity index (χ1v) is 10.5. The van der Waals surface area contributed by atoms with Gasteiger partial charge in [-0.2, -0.15) is 13.2 Å². The number of carbonyl (C=O) groups is 2. The third kappa shape index (κ3) is 5.12. The number of hydrogen-bond donors (Lipinski definition) is 2. The average molecular weight is 461 g/mol. The Labute approximate surface area is 182 Å². The second-order valence-corrected chi connectivity index (χ2v) is 8.14. The van der Waals surface area contributed by atoms with E-state index in [-0.39, 0.29) is 34.9 Å². The molecule has 0 bridgehead atoms. The lowest BCUT2D eigenvalue weighted by molar-refractivity contribution is -0.157. The summed E-state index contributed by atoms with van der Waals surface area (Å²) in [5, 5.41) is 9.93. The van der Waals surface area contributed by atoms with Gasteiger partial charge in [-0.3, -0.25) is 14.8 Å². The van der Waals surface area contributed by atoms with Gasteiger partial charge in [0.05, 0.1) is 34.6 Å². The fraction of sp³-hybridized carbons (Fsp3) is 0.550. The van der Waals surface area contributed by atoms with Crippen molar-refractivity contribution in [1.82, 2.24) is 19.9 Å². The van der Waals surface area contributed by atoms with Gasteiger partial charge in [-0.15, -0.1) is 0 Å². The molecule has 2 amide bonds. The van der Waals surface area contributed by atoms with Gasteiger partial charge in [0.1, 0.15) is 11.3 Å². The summed E-state index contributed by atoms with van der Waals surface area (Å²) in [6.07, 6.45) is -0.888. The van der Waals surface area contributed by atoms with Crippen molar-refractivity contribution in [3.63, 3.8) is 0 Å². The molecule has 2 N–H and O–H groups in total. The molecule has 0 spiro atoms. The van der Waals surface area contributed by atoms with Crippen LogP contribution in [0.25, 0.3) is 11.0 Å². The molecule has 11 heteroatoms. The van der Waals surface area contributed by atoms with Crippen LogP contribution in [0.5, 0.6) is 0 Å². The van der Waals surface area contributed by atoms with Crippen molar-refractivity contribution in [2.45, 2.75) is 51.2 Å². The molecule has 2 unspecified atom stereocenters. The first-order chi connectivity index (χ1) is 14.7. The van der Waals surface area contributed by atoms with Gasteiger partial charge >= 0.3 is 6.18 Å². The molecule has 2 atom stereocenters. The van der Waals surface area contributed by atoms with Crippen molar-refractivity contribution in [3.8, 4) is 0 Å². The molecule has 7 nitrogen and oxygen atoms in total. The summed E-state index contributed by atoms with van der Waals surface area (Å²) in [6, 6.07) is 1.34. The van der Waals surface area contributed by atoms with Crippen LogP contribution in [0.4, 0.5) is 13.2 Å². The summed E-state index contributed by atoms with van der Waals surface area (Å²) in [5.74, 6) is -0.438. The number of fused-ring (bicyclic) bond motifs is 1. The summed E-state index contributed by atoms with van der Waals surface area (Å²) >= 11 is 6.04. The SMILES string of the molecule is CCCCC(CN(O)C=O)C(=O)N1CCCC1c1nc2c(Cl)cc(C(F)(F)F)cc2[nH]1. The van der Waals surface area contributed by atoms with Crippen LogP contribution in [0.15, 0.2) is 12.1 Å². The van der Waals surface area contributed by atoms with Crippen molar-refractivity contribution < 1.29 is 28.0 Å². The molecule has 0 saturated carbocycles. The van der Waals surface area contributed by atoms with Crippen molar-refractivity contribution in [2.24, 2.45) is 5.92 Å². The largest absolute Gasteiger partial charge is 0.416 e. The molecular weight excluding hydrogens is 437 g/mol. The molecule has 0 radical (unpaired) electrons. The van der Waals surface area contributed by atoms with E-state index in [2.05, 4.69) is 9.97 Å². The predicted octanol–water partition coefficient (Wildman–Crippen LogP) is 4.55. The number of likely N-dealkylation sites (tertiary alicyclic amines) is 1. The molecule has 170 valence electrons. The summed E-state index contributed by atoms with van der Waals surface area (Å²) in [6.45, 7) is 2.31. The van der Waals surface area contributed by atoms with E-state index in [0.717, 1.165) is 25.0 Å². The molecule has 0 aliphatic carbocycles. The van der Waals surface area contributed by atoms with Crippen LogP contribution >= 0.6 is 11.6 Å². The van der Waals surface area contributed by atoms with E-state index < -0.39 is 23.7 Å². The van der Waals surface area contributed by atoms with Crippen LogP contribution in [0.3, 0.4) is 0 Å². The van der Waals surface area contributed by atoms with E-state index >= 15 is 0 Å². The van der Waals surface area contributed by atoms with E-state index in [1.165, 1.54) is 0 Å². The maximum Gasteiger partial charge on any atom is 0.416 e. The number of carbonyl (C=O) groups excluding carboxylic acids is 2. The summed E-state index contributed by atoms with van der Waals surface area (Å²) in [5.41, 5.74) is -0.510. The fourth-order valence-electron chi connectivity index (χ4n) is 3.98. The highest BCUT2D eigenvalue weighted by molar-refractivity contribution is 6.35. The van der Waals surface area contributed by atoms with Gasteiger partial charge in [-0.05, 0) is 31.4 Å². The number of unbranched alkanes of at least 4 members (excludes halogenated alkanes) is 1. The van der Waals surface area contributed by atoms with Gasteiger partial charge in [0.2, 0.25) is 12.3 Å². The number of hydrogen-bond acceptors (Lipinski definition) is 4. The number of nitrogens with zero attached hydrogens (tertiary/aromatic N) is 3. The monoisotopic (exact) mass is 460 g/mol. The molecule has 1 aliphatic rings. The molecule has 1 aromatic carbocycles. The zero-order valence-corrected chi connectivity index (χ0v) is 17.7. The Morgan fingerprint density at radius 2 is 2.23 bits per heavy atom. The number of nitrogens with one attached hydrogen (secondary N) is 1. The number of benzene rings is 1. The van der Waals surface area contributed by atoms with Crippen LogP contribution < -0.4 is 0 Å². The van der Waals surface area contributed by atoms with Gasteiger partial charge in [0.15, 0.2) is 0 Å². The molecular formula is C20H24ClF3N4O3. The normalized spacial score (nSPS) is 17.9. The van der Waals surface area contributed by atoms with E-state index in [4.69, 9.17) is 11.6 Å². The van der Waals surface area contributed by atoms with E-state index in [1.807, 2.05) is 6.92 Å². The molecule has 1 aliphatic heterocycles. The number of imidazole rings is 1. The minimum Gasteiger partial charge on any atom is -0.340 e. The molecule has 1 fully saturated rings. The topological polar surface area (TPSA) is 89.5 Å². The van der Waals surface area contributed by atoms with Crippen LogP contribution in [0, 0.1) is 5.92 Å². The molecule has 2 heterocycles. The Kier molecular flexibility index (Phi) is 7.10. The first-order valence-electron chi connectivity index (χ1n) is 10.1. The Morgan fingerprint density at radius 1 is 1.48 bits per heavy atom. The van der Waals surface area contributed by atoms with Crippen LogP contribution in [0.2, 0.25) is 5.02 Å². The standard InChI is InChI=1S/C20H24ClF3N4O3/c1-2-3-5-12(10-27(31)11-29)19(30)28-7-4-6-16(28)18-25-15-9-13(20(22,23)24)8-14(21)17(15)26-18/h8-9,11-12,16,31H,2-7,10H2,1H3,(H,25,26). The van der Waals surface area contributed by atoms with Crippen LogP contribution in [-0.2, 0) is 15.8 Å². The van der Waals surface area contributed by atoms with Gasteiger partial charge in [-0.25, -0.2) is 10.0 Å². The summed E-state index contributed by atoms with van der Waals surface area (Å²) in [7, 11) is 0. The van der Waals surface area contributed by atoms with E-state index in [9.17, 15) is 28.0 Å². The highest BCUT2D eigenvalue weighted by Crippen LogP contribution is 2.37. The quantitative estimate of drug-likeness (QED) is 0.343. The predicted molar refractivity (Wildman–Crippen MR) is 107 cm³/mol. The molecule has 1 saturated heterocycles. The van der Waals surface area contributed by atoms with E-state index in [0.29, 0.717) is 36.7 Å². The Balaban J connectivity index is 1.89. The Morgan fingerprint density at radius 3 is 2.87 bits per heavy atom. The van der Waals surface area contributed by atoms with Crippen LogP contribution in [-0.4, -0.2) is 50.5 Å². The molecule has 2 aromatic rings. The lowest BCUT2D eigenvalue weighted by Crippen LogP contribution is -2.40. The van der Waals surface area contributed by atoms with Gasteiger partial charge in [0, 0.05) is 6.54 Å². The number of rotatable bonds is 8. The zero-order chi connectivity index (χ0) is 22.8. The highest BCUT2D eigenvalue weighted by atomic mass is 35.5. The molecule has 1 aromatic heterocycles. The number of aromatic nitrogens is 2. The van der Waals surface area contributed by atoms with Crippen molar-refractivity contribution in [2.75, 3.05) is 13.1 Å². The second kappa shape index (κ2) is 9.44.